The number of benzene rings is 2. The van der Waals surface area contributed by atoms with Crippen molar-refractivity contribution in [1.29, 1.82) is 0 Å². The van der Waals surface area contributed by atoms with Gasteiger partial charge in [0.25, 0.3) is 5.91 Å². The van der Waals surface area contributed by atoms with Gasteiger partial charge < -0.3 is 20.1 Å². The third-order valence-corrected chi connectivity index (χ3v) is 5.86. The highest BCUT2D eigenvalue weighted by Gasteiger charge is 2.30. The summed E-state index contributed by atoms with van der Waals surface area (Å²) in [4.78, 5) is 15.1. The summed E-state index contributed by atoms with van der Waals surface area (Å²) in [5.74, 6) is 0.973. The van der Waals surface area contributed by atoms with E-state index < -0.39 is 6.10 Å². The summed E-state index contributed by atoms with van der Waals surface area (Å²) in [6.45, 7) is 3.08. The average Bonchev–Trinajstić information content (AvgIpc) is 3.58. The summed E-state index contributed by atoms with van der Waals surface area (Å²) in [6, 6.07) is 12.9. The highest BCUT2D eigenvalue weighted by molar-refractivity contribution is 5.94. The molecule has 2 atom stereocenters. The minimum Gasteiger partial charge on any atom is -0.489 e. The lowest BCUT2D eigenvalue weighted by Crippen LogP contribution is -2.49. The number of nitrogens with zero attached hydrogens (tertiary/aromatic N) is 1. The second kappa shape index (κ2) is 9.58. The first kappa shape index (κ1) is 20.8. The summed E-state index contributed by atoms with van der Waals surface area (Å²) in [7, 11) is 0. The van der Waals surface area contributed by atoms with Crippen LogP contribution in [0.4, 0.5) is 4.39 Å². The molecule has 1 aliphatic heterocycles. The minimum atomic E-state index is -0.517. The Morgan fingerprint density at radius 3 is 2.53 bits per heavy atom. The molecule has 0 bridgehead atoms. The van der Waals surface area contributed by atoms with E-state index in [1.807, 2.05) is 0 Å². The number of carbonyl (C=O) groups is 1. The van der Waals surface area contributed by atoms with Gasteiger partial charge >= 0.3 is 0 Å². The van der Waals surface area contributed by atoms with Crippen molar-refractivity contribution in [3.63, 3.8) is 0 Å². The van der Waals surface area contributed by atoms with Crippen molar-refractivity contribution in [2.75, 3.05) is 19.6 Å². The molecule has 4 rings (SSSR count). The number of likely N-dealkylation sites (tertiary alicyclic amines) is 1. The van der Waals surface area contributed by atoms with E-state index in [0.29, 0.717) is 30.9 Å². The van der Waals surface area contributed by atoms with Gasteiger partial charge in [0, 0.05) is 18.7 Å². The SMILES string of the molecule is O=C(NC1CN(CC2CC2)CCCC1O)c1ccc(OCc2ccc(F)cc2)cc1. The average molecular weight is 413 g/mol. The molecule has 0 radical (unpaired) electrons. The number of amides is 1. The summed E-state index contributed by atoms with van der Waals surface area (Å²) in [6.07, 6.45) is 3.75. The number of nitrogens with one attached hydrogen (secondary N) is 1. The Balaban J connectivity index is 1.31. The van der Waals surface area contributed by atoms with Crippen LogP contribution in [0.25, 0.3) is 0 Å². The van der Waals surface area contributed by atoms with E-state index in [0.717, 1.165) is 31.0 Å². The van der Waals surface area contributed by atoms with Crippen LogP contribution in [0.15, 0.2) is 48.5 Å². The molecule has 2 unspecified atom stereocenters. The van der Waals surface area contributed by atoms with Crippen LogP contribution in [0.3, 0.4) is 0 Å². The van der Waals surface area contributed by atoms with Crippen LogP contribution in [0.1, 0.15) is 41.6 Å². The molecule has 1 saturated heterocycles. The van der Waals surface area contributed by atoms with Gasteiger partial charge in [-0.15, -0.1) is 0 Å². The van der Waals surface area contributed by atoms with Crippen molar-refractivity contribution in [2.45, 2.75) is 44.4 Å². The molecule has 2 aliphatic rings. The number of hydrogen-bond donors (Lipinski definition) is 2. The second-order valence-electron chi connectivity index (χ2n) is 8.43. The van der Waals surface area contributed by atoms with Gasteiger partial charge in [0.15, 0.2) is 0 Å². The van der Waals surface area contributed by atoms with Crippen molar-refractivity contribution >= 4 is 5.91 Å². The molecule has 5 nitrogen and oxygen atoms in total. The lowest BCUT2D eigenvalue weighted by molar-refractivity contribution is 0.0799. The quantitative estimate of drug-likeness (QED) is 0.732. The van der Waals surface area contributed by atoms with Crippen molar-refractivity contribution < 1.29 is 19.0 Å². The standard InChI is InChI=1S/C24H29FN2O3/c25-20-9-5-18(6-10-20)16-30-21-11-7-19(8-12-21)24(29)26-22-15-27(14-17-3-4-17)13-1-2-23(22)28/h5-12,17,22-23,28H,1-4,13-16H2,(H,26,29). The first-order chi connectivity index (χ1) is 14.6. The first-order valence-electron chi connectivity index (χ1n) is 10.8. The third-order valence-electron chi connectivity index (χ3n) is 5.86. The van der Waals surface area contributed by atoms with E-state index in [1.165, 1.54) is 25.0 Å². The van der Waals surface area contributed by atoms with E-state index in [9.17, 15) is 14.3 Å². The maximum atomic E-state index is 13.0. The van der Waals surface area contributed by atoms with E-state index in [4.69, 9.17) is 4.74 Å². The van der Waals surface area contributed by atoms with E-state index in [-0.39, 0.29) is 17.8 Å². The Bertz CT molecular complexity index is 837. The van der Waals surface area contributed by atoms with Crippen LogP contribution in [-0.2, 0) is 6.61 Å². The van der Waals surface area contributed by atoms with E-state index in [1.54, 1.807) is 36.4 Å². The van der Waals surface area contributed by atoms with Crippen molar-refractivity contribution in [2.24, 2.45) is 5.92 Å². The zero-order valence-electron chi connectivity index (χ0n) is 17.1. The minimum absolute atomic E-state index is 0.183. The molecule has 0 spiro atoms. The molecule has 0 aromatic heterocycles. The van der Waals surface area contributed by atoms with Crippen molar-refractivity contribution in [3.8, 4) is 5.75 Å². The Hall–Kier alpha value is -2.44. The molecule has 6 heteroatoms. The highest BCUT2D eigenvalue weighted by Crippen LogP contribution is 2.30. The van der Waals surface area contributed by atoms with Crippen LogP contribution in [0, 0.1) is 11.7 Å². The maximum Gasteiger partial charge on any atom is 0.251 e. The zero-order chi connectivity index (χ0) is 20.9. The van der Waals surface area contributed by atoms with E-state index in [2.05, 4.69) is 10.2 Å². The molecule has 1 saturated carbocycles. The van der Waals surface area contributed by atoms with Gasteiger partial charge in [0.05, 0.1) is 12.1 Å². The number of carbonyl (C=O) groups excluding carboxylic acids is 1. The predicted octanol–water partition coefficient (Wildman–Crippen LogP) is 3.37. The van der Waals surface area contributed by atoms with Gasteiger partial charge in [-0.25, -0.2) is 4.39 Å². The predicted molar refractivity (Wildman–Crippen MR) is 113 cm³/mol. The number of rotatable bonds is 7. The topological polar surface area (TPSA) is 61.8 Å². The molecule has 2 fully saturated rings. The van der Waals surface area contributed by atoms with Gasteiger partial charge in [0.1, 0.15) is 18.2 Å². The van der Waals surface area contributed by atoms with Crippen molar-refractivity contribution in [3.05, 3.63) is 65.5 Å². The van der Waals surface area contributed by atoms with E-state index >= 15 is 0 Å². The van der Waals surface area contributed by atoms with Crippen LogP contribution >= 0.6 is 0 Å². The summed E-state index contributed by atoms with van der Waals surface area (Å²) in [5, 5.41) is 13.5. The zero-order valence-corrected chi connectivity index (χ0v) is 17.1. The molecule has 1 amide bonds. The number of aliphatic hydroxyl groups is 1. The first-order valence-corrected chi connectivity index (χ1v) is 10.8. The fraction of sp³-hybridized carbons (Fsp3) is 0.458. The fourth-order valence-electron chi connectivity index (χ4n) is 3.89. The Kier molecular flexibility index (Phi) is 6.65. The molecule has 1 heterocycles. The number of aliphatic hydroxyl groups excluding tert-OH is 1. The summed E-state index contributed by atoms with van der Waals surface area (Å²) >= 11 is 0. The number of ether oxygens (including phenoxy) is 1. The maximum absolute atomic E-state index is 13.0. The van der Waals surface area contributed by atoms with Crippen LogP contribution in [0.5, 0.6) is 5.75 Å². The summed E-state index contributed by atoms with van der Waals surface area (Å²) < 4.78 is 18.7. The normalized spacial score (nSPS) is 22.3. The second-order valence-corrected chi connectivity index (χ2v) is 8.43. The molecule has 30 heavy (non-hydrogen) atoms. The third kappa shape index (κ3) is 5.80. The Labute approximate surface area is 176 Å². The highest BCUT2D eigenvalue weighted by atomic mass is 19.1. The molecule has 1 aliphatic carbocycles. The smallest absolute Gasteiger partial charge is 0.251 e. The Morgan fingerprint density at radius 1 is 1.10 bits per heavy atom. The largest absolute Gasteiger partial charge is 0.489 e. The van der Waals surface area contributed by atoms with Gasteiger partial charge in [0.2, 0.25) is 0 Å². The molecule has 2 aromatic carbocycles. The number of halogens is 1. The molecular weight excluding hydrogens is 383 g/mol. The van der Waals surface area contributed by atoms with Gasteiger partial charge in [-0.1, -0.05) is 12.1 Å². The Morgan fingerprint density at radius 2 is 1.83 bits per heavy atom. The lowest BCUT2D eigenvalue weighted by atomic mass is 10.1. The molecular formula is C24H29FN2O3. The van der Waals surface area contributed by atoms with Crippen LogP contribution in [-0.4, -0.2) is 47.7 Å². The number of hydrogen-bond acceptors (Lipinski definition) is 4. The summed E-state index contributed by atoms with van der Waals surface area (Å²) in [5.41, 5.74) is 1.41. The van der Waals surface area contributed by atoms with Crippen LogP contribution in [0.2, 0.25) is 0 Å². The van der Waals surface area contributed by atoms with Gasteiger partial charge in [-0.05, 0) is 80.1 Å². The lowest BCUT2D eigenvalue weighted by Gasteiger charge is -2.27. The molecule has 2 N–H and O–H groups in total. The molecule has 160 valence electrons. The van der Waals surface area contributed by atoms with Gasteiger partial charge in [-0.2, -0.15) is 0 Å². The van der Waals surface area contributed by atoms with Crippen molar-refractivity contribution in [1.82, 2.24) is 10.2 Å². The fourth-order valence-corrected chi connectivity index (χ4v) is 3.89. The van der Waals surface area contributed by atoms with Gasteiger partial charge in [-0.3, -0.25) is 4.79 Å². The monoisotopic (exact) mass is 412 g/mol. The van der Waals surface area contributed by atoms with Crippen LogP contribution < -0.4 is 10.1 Å². The molecule has 2 aromatic rings.